The number of nitrogens with zero attached hydrogens (tertiary/aromatic N) is 2. The molecule has 1 aliphatic heterocycles. The first-order valence-corrected chi connectivity index (χ1v) is 10.2. The van der Waals surface area contributed by atoms with E-state index in [0.717, 1.165) is 29.2 Å². The molecule has 0 spiro atoms. The Morgan fingerprint density at radius 1 is 1.08 bits per heavy atom. The lowest BCUT2D eigenvalue weighted by Crippen LogP contribution is -2.36. The van der Waals surface area contributed by atoms with Gasteiger partial charge >= 0.3 is 0 Å². The number of hydrogen-bond donors (Lipinski definition) is 0. The Morgan fingerprint density at radius 3 is 2.35 bits per heavy atom. The van der Waals surface area contributed by atoms with E-state index < -0.39 is 0 Å². The first kappa shape index (κ1) is 17.6. The Hall–Kier alpha value is -1.77. The molecule has 0 saturated heterocycles. The summed E-state index contributed by atoms with van der Waals surface area (Å²) in [6.07, 6.45) is 4.55. The summed E-state index contributed by atoms with van der Waals surface area (Å²) in [6.45, 7) is 8.53. The molecule has 138 valence electrons. The number of Topliss-reactive ketones (excluding diaryl/α,β-unsaturated/α-hetero) is 1. The van der Waals surface area contributed by atoms with Gasteiger partial charge in [-0.15, -0.1) is 0 Å². The third-order valence-corrected chi connectivity index (χ3v) is 6.80. The van der Waals surface area contributed by atoms with Gasteiger partial charge in [0, 0.05) is 24.0 Å². The van der Waals surface area contributed by atoms with Crippen LogP contribution in [-0.2, 0) is 11.2 Å². The van der Waals surface area contributed by atoms with E-state index in [-0.39, 0.29) is 5.78 Å². The summed E-state index contributed by atoms with van der Waals surface area (Å²) < 4.78 is 0. The van der Waals surface area contributed by atoms with Crippen LogP contribution in [0.1, 0.15) is 58.1 Å². The molecule has 0 radical (unpaired) electrons. The molecule has 26 heavy (non-hydrogen) atoms. The molecular formula is C23H30N2O. The number of hydrogen-bond acceptors (Lipinski definition) is 3. The zero-order valence-corrected chi connectivity index (χ0v) is 16.4. The third-order valence-electron chi connectivity index (χ3n) is 6.80. The minimum absolute atomic E-state index is 0.206. The van der Waals surface area contributed by atoms with Crippen LogP contribution >= 0.6 is 0 Å². The summed E-state index contributed by atoms with van der Waals surface area (Å²) in [5, 5.41) is 9.27. The van der Waals surface area contributed by atoms with Gasteiger partial charge in [-0.3, -0.25) is 4.79 Å². The Morgan fingerprint density at radius 2 is 1.73 bits per heavy atom. The Bertz CT molecular complexity index is 759. The normalized spacial score (nSPS) is 32.4. The average Bonchev–Trinajstić information content (AvgIpc) is 3.11. The molecule has 0 amide bonds. The molecule has 2 saturated carbocycles. The van der Waals surface area contributed by atoms with Crippen LogP contribution in [-0.4, -0.2) is 17.2 Å². The van der Waals surface area contributed by atoms with E-state index in [1.165, 1.54) is 36.2 Å². The van der Waals surface area contributed by atoms with Crippen LogP contribution in [0.3, 0.4) is 0 Å². The molecule has 0 N–H and O–H groups in total. The number of ketones is 1. The molecule has 0 aromatic heterocycles. The first-order valence-electron chi connectivity index (χ1n) is 10.2. The monoisotopic (exact) mass is 350 g/mol. The second-order valence-corrected chi connectivity index (χ2v) is 9.05. The van der Waals surface area contributed by atoms with Crippen molar-refractivity contribution in [3.05, 3.63) is 35.4 Å². The Balaban J connectivity index is 1.64. The predicted octanol–water partition coefficient (Wildman–Crippen LogP) is 4.93. The van der Waals surface area contributed by atoms with Gasteiger partial charge in [0.2, 0.25) is 0 Å². The van der Waals surface area contributed by atoms with Crippen molar-refractivity contribution in [1.82, 2.24) is 0 Å². The molecule has 3 nitrogen and oxygen atoms in total. The lowest BCUT2D eigenvalue weighted by atomic mass is 9.72. The van der Waals surface area contributed by atoms with E-state index in [0.29, 0.717) is 18.3 Å². The van der Waals surface area contributed by atoms with Crippen molar-refractivity contribution in [3.63, 3.8) is 0 Å². The molecular weight excluding hydrogens is 320 g/mol. The van der Waals surface area contributed by atoms with E-state index in [1.54, 1.807) is 6.92 Å². The summed E-state index contributed by atoms with van der Waals surface area (Å²) in [5.41, 5.74) is 4.71. The third kappa shape index (κ3) is 2.95. The molecule has 2 aliphatic carbocycles. The smallest absolute Gasteiger partial charge is 0.134 e. The fourth-order valence-corrected chi connectivity index (χ4v) is 5.99. The van der Waals surface area contributed by atoms with E-state index in [9.17, 15) is 4.79 Å². The first-order chi connectivity index (χ1) is 12.5. The fraction of sp³-hybridized carbons (Fsp3) is 0.609. The van der Waals surface area contributed by atoms with Gasteiger partial charge in [0.15, 0.2) is 0 Å². The van der Waals surface area contributed by atoms with E-state index in [1.807, 2.05) is 0 Å². The SMILES string of the molecule is CC(=O)Cc1ccc(C2=NN=C(C)C3C4CCC(C4CC(C)C)C23)cc1. The van der Waals surface area contributed by atoms with Gasteiger partial charge in [-0.25, -0.2) is 0 Å². The van der Waals surface area contributed by atoms with Gasteiger partial charge in [-0.05, 0) is 67.9 Å². The second-order valence-electron chi connectivity index (χ2n) is 9.05. The van der Waals surface area contributed by atoms with Crippen LogP contribution < -0.4 is 0 Å². The lowest BCUT2D eigenvalue weighted by molar-refractivity contribution is -0.116. The molecule has 1 heterocycles. The van der Waals surface area contributed by atoms with Crippen molar-refractivity contribution in [1.29, 1.82) is 0 Å². The standard InChI is InChI=1S/C23H30N2O/c1-13(2)11-20-18-9-10-19(20)22-21(18)15(4)24-25-23(22)17-7-5-16(6-8-17)12-14(3)26/h5-8,13,18-22H,9-12H2,1-4H3. The largest absolute Gasteiger partial charge is 0.300 e. The van der Waals surface area contributed by atoms with Crippen molar-refractivity contribution in [3.8, 4) is 0 Å². The van der Waals surface area contributed by atoms with Gasteiger partial charge in [0.05, 0.1) is 5.71 Å². The number of benzene rings is 1. The lowest BCUT2D eigenvalue weighted by Gasteiger charge is -2.33. The summed E-state index contributed by atoms with van der Waals surface area (Å²) >= 11 is 0. The van der Waals surface area contributed by atoms with Crippen LogP contribution in [0, 0.1) is 35.5 Å². The number of carbonyl (C=O) groups excluding carboxylic acids is 1. The molecule has 5 unspecified atom stereocenters. The number of rotatable bonds is 5. The molecule has 1 aromatic rings. The Kier molecular flexibility index (Phi) is 4.58. The van der Waals surface area contributed by atoms with Crippen molar-refractivity contribution < 1.29 is 4.79 Å². The van der Waals surface area contributed by atoms with Crippen LogP contribution in [0.15, 0.2) is 34.5 Å². The molecule has 3 heteroatoms. The zero-order chi connectivity index (χ0) is 18.4. The minimum Gasteiger partial charge on any atom is -0.300 e. The fourth-order valence-electron chi connectivity index (χ4n) is 5.99. The van der Waals surface area contributed by atoms with E-state index in [4.69, 9.17) is 0 Å². The highest BCUT2D eigenvalue weighted by Crippen LogP contribution is 2.60. The maximum atomic E-state index is 11.4. The highest BCUT2D eigenvalue weighted by molar-refractivity contribution is 6.07. The van der Waals surface area contributed by atoms with Gasteiger partial charge < -0.3 is 0 Å². The molecule has 5 atom stereocenters. The average molecular weight is 351 g/mol. The summed E-state index contributed by atoms with van der Waals surface area (Å²) in [5.74, 6) is 4.46. The van der Waals surface area contributed by atoms with Crippen molar-refractivity contribution in [2.75, 3.05) is 0 Å². The second kappa shape index (κ2) is 6.75. The predicted molar refractivity (Wildman–Crippen MR) is 107 cm³/mol. The highest BCUT2D eigenvalue weighted by Gasteiger charge is 2.57. The van der Waals surface area contributed by atoms with Crippen LogP contribution in [0.25, 0.3) is 0 Å². The molecule has 1 aromatic carbocycles. The molecule has 2 bridgehead atoms. The molecule has 4 rings (SSSR count). The van der Waals surface area contributed by atoms with Gasteiger partial charge in [0.25, 0.3) is 0 Å². The van der Waals surface area contributed by atoms with Crippen molar-refractivity contribution in [2.24, 2.45) is 45.7 Å². The maximum absolute atomic E-state index is 11.4. The van der Waals surface area contributed by atoms with E-state index >= 15 is 0 Å². The topological polar surface area (TPSA) is 41.8 Å². The summed E-state index contributed by atoms with van der Waals surface area (Å²) in [4.78, 5) is 11.4. The van der Waals surface area contributed by atoms with Crippen LogP contribution in [0.2, 0.25) is 0 Å². The van der Waals surface area contributed by atoms with Crippen LogP contribution in [0.4, 0.5) is 0 Å². The summed E-state index contributed by atoms with van der Waals surface area (Å²) in [6, 6.07) is 8.46. The quantitative estimate of drug-likeness (QED) is 0.742. The highest BCUT2D eigenvalue weighted by atomic mass is 16.1. The van der Waals surface area contributed by atoms with Crippen molar-refractivity contribution in [2.45, 2.75) is 53.4 Å². The number of carbonyl (C=O) groups is 1. The maximum Gasteiger partial charge on any atom is 0.134 e. The Labute approximate surface area is 157 Å². The molecule has 3 aliphatic rings. The van der Waals surface area contributed by atoms with Gasteiger partial charge in [0.1, 0.15) is 5.78 Å². The van der Waals surface area contributed by atoms with Crippen molar-refractivity contribution >= 4 is 17.2 Å². The van der Waals surface area contributed by atoms with Gasteiger partial charge in [-0.1, -0.05) is 38.1 Å². The summed E-state index contributed by atoms with van der Waals surface area (Å²) in [7, 11) is 0. The number of fused-ring (bicyclic) bond motifs is 5. The van der Waals surface area contributed by atoms with E-state index in [2.05, 4.69) is 55.2 Å². The van der Waals surface area contributed by atoms with Gasteiger partial charge in [-0.2, -0.15) is 10.2 Å². The van der Waals surface area contributed by atoms with Crippen LogP contribution in [0.5, 0.6) is 0 Å². The molecule has 2 fully saturated rings. The zero-order valence-electron chi connectivity index (χ0n) is 16.4. The minimum atomic E-state index is 0.206.